The van der Waals surface area contributed by atoms with Gasteiger partial charge in [-0.3, -0.25) is 0 Å². The zero-order chi connectivity index (χ0) is 15.1. The first-order valence-corrected chi connectivity index (χ1v) is 6.89. The SMILES string of the molecule is CCCCOc1ccc(-c2ccnc(C(=O)OC)n2)cc1. The van der Waals surface area contributed by atoms with Gasteiger partial charge in [0.25, 0.3) is 0 Å². The predicted molar refractivity (Wildman–Crippen MR) is 79.2 cm³/mol. The minimum Gasteiger partial charge on any atom is -0.494 e. The molecule has 5 nitrogen and oxygen atoms in total. The number of hydrogen-bond donors (Lipinski definition) is 0. The van der Waals surface area contributed by atoms with Crippen LogP contribution in [-0.2, 0) is 4.74 Å². The topological polar surface area (TPSA) is 61.3 Å². The molecule has 0 fully saturated rings. The van der Waals surface area contributed by atoms with Crippen LogP contribution in [0.1, 0.15) is 30.4 Å². The molecule has 1 aromatic carbocycles. The van der Waals surface area contributed by atoms with E-state index in [4.69, 9.17) is 4.74 Å². The van der Waals surface area contributed by atoms with Crippen molar-refractivity contribution in [1.82, 2.24) is 9.97 Å². The number of ether oxygens (including phenoxy) is 2. The summed E-state index contributed by atoms with van der Waals surface area (Å²) in [5.74, 6) is 0.337. The Morgan fingerprint density at radius 3 is 2.62 bits per heavy atom. The maximum atomic E-state index is 11.4. The van der Waals surface area contributed by atoms with Crippen LogP contribution in [-0.4, -0.2) is 29.7 Å². The highest BCUT2D eigenvalue weighted by molar-refractivity contribution is 5.85. The molecular formula is C16H18N2O3. The lowest BCUT2D eigenvalue weighted by molar-refractivity contribution is 0.0587. The summed E-state index contributed by atoms with van der Waals surface area (Å²) >= 11 is 0. The molecule has 0 unspecified atom stereocenters. The molecule has 0 amide bonds. The van der Waals surface area contributed by atoms with E-state index in [1.807, 2.05) is 24.3 Å². The normalized spacial score (nSPS) is 10.2. The van der Waals surface area contributed by atoms with Crippen LogP contribution in [0.15, 0.2) is 36.5 Å². The van der Waals surface area contributed by atoms with Gasteiger partial charge in [-0.2, -0.15) is 0 Å². The van der Waals surface area contributed by atoms with Gasteiger partial charge in [-0.15, -0.1) is 0 Å². The average molecular weight is 286 g/mol. The average Bonchev–Trinajstić information content (AvgIpc) is 2.55. The summed E-state index contributed by atoms with van der Waals surface area (Å²) in [5, 5.41) is 0. The number of rotatable bonds is 6. The fourth-order valence-corrected chi connectivity index (χ4v) is 1.77. The molecule has 0 aliphatic rings. The predicted octanol–water partition coefficient (Wildman–Crippen LogP) is 3.11. The minimum absolute atomic E-state index is 0.0540. The number of nitrogens with zero attached hydrogens (tertiary/aromatic N) is 2. The smallest absolute Gasteiger partial charge is 0.376 e. The summed E-state index contributed by atoms with van der Waals surface area (Å²) in [5.41, 5.74) is 1.57. The number of hydrogen-bond acceptors (Lipinski definition) is 5. The molecule has 2 rings (SSSR count). The van der Waals surface area contributed by atoms with Gasteiger partial charge < -0.3 is 9.47 Å². The molecule has 0 aliphatic heterocycles. The molecule has 2 aromatic rings. The fourth-order valence-electron chi connectivity index (χ4n) is 1.77. The van der Waals surface area contributed by atoms with Gasteiger partial charge in [-0.25, -0.2) is 14.8 Å². The second kappa shape index (κ2) is 7.38. The van der Waals surface area contributed by atoms with Crippen LogP contribution in [0.2, 0.25) is 0 Å². The summed E-state index contributed by atoms with van der Waals surface area (Å²) in [4.78, 5) is 19.5. The summed E-state index contributed by atoms with van der Waals surface area (Å²) in [6, 6.07) is 9.35. The minimum atomic E-state index is -0.545. The summed E-state index contributed by atoms with van der Waals surface area (Å²) in [6.45, 7) is 2.84. The number of esters is 1. The standard InChI is InChI=1S/C16H18N2O3/c1-3-4-11-21-13-7-5-12(6-8-13)14-9-10-17-15(18-14)16(19)20-2/h5-10H,3-4,11H2,1-2H3. The van der Waals surface area contributed by atoms with Crippen LogP contribution >= 0.6 is 0 Å². The summed E-state index contributed by atoms with van der Waals surface area (Å²) in [7, 11) is 1.31. The third-order valence-electron chi connectivity index (χ3n) is 2.94. The maximum absolute atomic E-state index is 11.4. The molecule has 1 heterocycles. The molecule has 0 radical (unpaired) electrons. The second-order valence-electron chi connectivity index (χ2n) is 4.48. The molecule has 0 saturated carbocycles. The van der Waals surface area contributed by atoms with Gasteiger partial charge in [-0.1, -0.05) is 13.3 Å². The molecule has 0 atom stereocenters. The summed E-state index contributed by atoms with van der Waals surface area (Å²) < 4.78 is 10.2. The Bertz CT molecular complexity index is 597. The number of carbonyl (C=O) groups is 1. The largest absolute Gasteiger partial charge is 0.494 e. The number of benzene rings is 1. The highest BCUT2D eigenvalue weighted by Crippen LogP contribution is 2.20. The first-order chi connectivity index (χ1) is 10.2. The zero-order valence-corrected chi connectivity index (χ0v) is 12.2. The molecular weight excluding hydrogens is 268 g/mol. The van der Waals surface area contributed by atoms with Crippen molar-refractivity contribution in [3.8, 4) is 17.0 Å². The number of aromatic nitrogens is 2. The van der Waals surface area contributed by atoms with Crippen molar-refractivity contribution in [1.29, 1.82) is 0 Å². The maximum Gasteiger partial charge on any atom is 0.376 e. The molecule has 5 heteroatoms. The third-order valence-corrected chi connectivity index (χ3v) is 2.94. The van der Waals surface area contributed by atoms with Crippen molar-refractivity contribution in [2.24, 2.45) is 0 Å². The quantitative estimate of drug-likeness (QED) is 0.603. The van der Waals surface area contributed by atoms with Crippen LogP contribution in [0, 0.1) is 0 Å². The Balaban J connectivity index is 2.13. The van der Waals surface area contributed by atoms with Gasteiger partial charge in [-0.05, 0) is 36.8 Å². The fraction of sp³-hybridized carbons (Fsp3) is 0.312. The van der Waals surface area contributed by atoms with E-state index in [1.165, 1.54) is 7.11 Å². The number of methoxy groups -OCH3 is 1. The molecule has 21 heavy (non-hydrogen) atoms. The van der Waals surface area contributed by atoms with Crippen LogP contribution < -0.4 is 4.74 Å². The van der Waals surface area contributed by atoms with E-state index < -0.39 is 5.97 Å². The van der Waals surface area contributed by atoms with Crippen LogP contribution in [0.3, 0.4) is 0 Å². The lowest BCUT2D eigenvalue weighted by Gasteiger charge is -2.07. The molecule has 110 valence electrons. The van der Waals surface area contributed by atoms with E-state index in [0.717, 1.165) is 30.8 Å². The van der Waals surface area contributed by atoms with Crippen molar-refractivity contribution in [2.75, 3.05) is 13.7 Å². The Kier molecular flexibility index (Phi) is 5.26. The van der Waals surface area contributed by atoms with Crippen molar-refractivity contribution in [3.63, 3.8) is 0 Å². The van der Waals surface area contributed by atoms with E-state index >= 15 is 0 Å². The van der Waals surface area contributed by atoms with E-state index in [1.54, 1.807) is 12.3 Å². The Labute approximate surface area is 124 Å². The third kappa shape index (κ3) is 4.02. The molecule has 0 spiro atoms. The Morgan fingerprint density at radius 1 is 1.19 bits per heavy atom. The molecule has 0 aliphatic carbocycles. The lowest BCUT2D eigenvalue weighted by atomic mass is 10.1. The van der Waals surface area contributed by atoms with E-state index in [2.05, 4.69) is 21.6 Å². The Morgan fingerprint density at radius 2 is 1.95 bits per heavy atom. The van der Waals surface area contributed by atoms with Gasteiger partial charge in [0.05, 0.1) is 19.4 Å². The van der Waals surface area contributed by atoms with Crippen molar-refractivity contribution < 1.29 is 14.3 Å². The lowest BCUT2D eigenvalue weighted by Crippen LogP contribution is -2.07. The van der Waals surface area contributed by atoms with Gasteiger partial charge in [0, 0.05) is 11.8 Å². The Hall–Kier alpha value is -2.43. The van der Waals surface area contributed by atoms with Gasteiger partial charge in [0.1, 0.15) is 5.75 Å². The van der Waals surface area contributed by atoms with Gasteiger partial charge >= 0.3 is 5.97 Å². The first-order valence-electron chi connectivity index (χ1n) is 6.89. The van der Waals surface area contributed by atoms with Crippen molar-refractivity contribution >= 4 is 5.97 Å². The molecule has 0 N–H and O–H groups in total. The van der Waals surface area contributed by atoms with Crippen LogP contribution in [0.25, 0.3) is 11.3 Å². The number of unbranched alkanes of at least 4 members (excludes halogenated alkanes) is 1. The molecule has 1 aromatic heterocycles. The van der Waals surface area contributed by atoms with E-state index in [0.29, 0.717) is 5.69 Å². The highest BCUT2D eigenvalue weighted by atomic mass is 16.5. The van der Waals surface area contributed by atoms with Crippen molar-refractivity contribution in [2.45, 2.75) is 19.8 Å². The summed E-state index contributed by atoms with van der Waals surface area (Å²) in [6.07, 6.45) is 3.69. The van der Waals surface area contributed by atoms with Crippen LogP contribution in [0.4, 0.5) is 0 Å². The molecule has 0 saturated heterocycles. The van der Waals surface area contributed by atoms with Crippen LogP contribution in [0.5, 0.6) is 5.75 Å². The van der Waals surface area contributed by atoms with Gasteiger partial charge in [0.15, 0.2) is 0 Å². The highest BCUT2D eigenvalue weighted by Gasteiger charge is 2.10. The van der Waals surface area contributed by atoms with Crippen molar-refractivity contribution in [3.05, 3.63) is 42.4 Å². The first kappa shape index (κ1) is 15.0. The monoisotopic (exact) mass is 286 g/mol. The second-order valence-corrected chi connectivity index (χ2v) is 4.48. The van der Waals surface area contributed by atoms with Gasteiger partial charge in [0.2, 0.25) is 5.82 Å². The molecule has 0 bridgehead atoms. The number of carbonyl (C=O) groups excluding carboxylic acids is 1. The zero-order valence-electron chi connectivity index (χ0n) is 12.2. The van der Waals surface area contributed by atoms with E-state index in [-0.39, 0.29) is 5.82 Å². The van der Waals surface area contributed by atoms with E-state index in [9.17, 15) is 4.79 Å².